The zero-order chi connectivity index (χ0) is 13.2. The molecule has 96 valence electrons. The van der Waals surface area contributed by atoms with E-state index in [1.807, 2.05) is 43.6 Å². The summed E-state index contributed by atoms with van der Waals surface area (Å²) >= 11 is 0. The van der Waals surface area contributed by atoms with Gasteiger partial charge in [0.15, 0.2) is 0 Å². The van der Waals surface area contributed by atoms with Crippen LogP contribution in [-0.2, 0) is 6.54 Å². The van der Waals surface area contributed by atoms with Crippen LogP contribution in [-0.4, -0.2) is 20.0 Å². The van der Waals surface area contributed by atoms with Crippen LogP contribution in [0.3, 0.4) is 0 Å². The summed E-state index contributed by atoms with van der Waals surface area (Å²) in [5.74, 6) is 0. The van der Waals surface area contributed by atoms with Crippen molar-refractivity contribution in [2.24, 2.45) is 5.73 Å². The molecule has 0 aliphatic heterocycles. The minimum atomic E-state index is -0.0945. The molecule has 0 saturated carbocycles. The largest absolute Gasteiger partial charge is 0.323 e. The fourth-order valence-corrected chi connectivity index (χ4v) is 2.07. The molecule has 0 spiro atoms. The Balaban J connectivity index is 1.96. The highest BCUT2D eigenvalue weighted by atomic mass is 15.4. The molecule has 0 saturated heterocycles. The maximum absolute atomic E-state index is 5.79. The smallest absolute Gasteiger partial charge is 0.0991 e. The zero-order valence-corrected chi connectivity index (χ0v) is 10.7. The molecule has 0 aliphatic carbocycles. The van der Waals surface area contributed by atoms with E-state index in [2.05, 4.69) is 21.4 Å². The second-order valence-electron chi connectivity index (χ2n) is 4.62. The quantitative estimate of drug-likeness (QED) is 0.774. The van der Waals surface area contributed by atoms with Crippen LogP contribution in [0.25, 0.3) is 10.9 Å². The van der Waals surface area contributed by atoms with E-state index in [9.17, 15) is 0 Å². The first-order valence-corrected chi connectivity index (χ1v) is 6.22. The second-order valence-corrected chi connectivity index (χ2v) is 4.62. The van der Waals surface area contributed by atoms with Crippen molar-refractivity contribution in [2.45, 2.75) is 19.5 Å². The standard InChI is InChI=1S/C14H15N5/c1-10(15)14-9-19(18-17-14)8-11-6-7-16-13-5-3-2-4-12(11)13/h2-7,9-10H,8,15H2,1H3. The second kappa shape index (κ2) is 4.78. The first-order valence-electron chi connectivity index (χ1n) is 6.22. The molecule has 3 rings (SSSR count). The summed E-state index contributed by atoms with van der Waals surface area (Å²) in [4.78, 5) is 4.35. The van der Waals surface area contributed by atoms with Crippen LogP contribution in [0, 0.1) is 0 Å². The Kier molecular flexibility index (Phi) is 2.97. The molecular weight excluding hydrogens is 238 g/mol. The Hall–Kier alpha value is -2.27. The summed E-state index contributed by atoms with van der Waals surface area (Å²) in [7, 11) is 0. The molecule has 1 aromatic carbocycles. The van der Waals surface area contributed by atoms with Crippen molar-refractivity contribution in [3.8, 4) is 0 Å². The average Bonchev–Trinajstić information content (AvgIpc) is 2.88. The highest BCUT2D eigenvalue weighted by Gasteiger charge is 2.07. The monoisotopic (exact) mass is 253 g/mol. The summed E-state index contributed by atoms with van der Waals surface area (Å²) in [6.07, 6.45) is 3.71. The number of fused-ring (bicyclic) bond motifs is 1. The third-order valence-electron chi connectivity index (χ3n) is 3.09. The first kappa shape index (κ1) is 11.8. The van der Waals surface area contributed by atoms with Crippen molar-refractivity contribution in [3.05, 3.63) is 54.0 Å². The molecule has 0 fully saturated rings. The van der Waals surface area contributed by atoms with Gasteiger partial charge in [0.05, 0.1) is 24.0 Å². The number of pyridine rings is 1. The number of benzene rings is 1. The molecule has 1 atom stereocenters. The number of aromatic nitrogens is 4. The molecule has 0 bridgehead atoms. The molecule has 5 nitrogen and oxygen atoms in total. The molecule has 2 aromatic heterocycles. The molecule has 0 radical (unpaired) electrons. The zero-order valence-electron chi connectivity index (χ0n) is 10.7. The van der Waals surface area contributed by atoms with Gasteiger partial charge in [-0.1, -0.05) is 23.4 Å². The summed E-state index contributed by atoms with van der Waals surface area (Å²) in [6, 6.07) is 10.00. The number of nitrogens with zero attached hydrogens (tertiary/aromatic N) is 4. The normalized spacial score (nSPS) is 12.7. The van der Waals surface area contributed by atoms with Gasteiger partial charge >= 0.3 is 0 Å². The molecule has 1 unspecified atom stereocenters. The number of rotatable bonds is 3. The number of hydrogen-bond acceptors (Lipinski definition) is 4. The number of hydrogen-bond donors (Lipinski definition) is 1. The van der Waals surface area contributed by atoms with E-state index in [1.165, 1.54) is 5.56 Å². The SMILES string of the molecule is CC(N)c1cn(Cc2ccnc3ccccc23)nn1. The lowest BCUT2D eigenvalue weighted by molar-refractivity contribution is 0.650. The molecular formula is C14H15N5. The first-order chi connectivity index (χ1) is 9.24. The van der Waals surface area contributed by atoms with Gasteiger partial charge < -0.3 is 5.73 Å². The van der Waals surface area contributed by atoms with E-state index in [1.54, 1.807) is 4.68 Å². The van der Waals surface area contributed by atoms with Gasteiger partial charge in [-0.3, -0.25) is 4.98 Å². The van der Waals surface area contributed by atoms with Gasteiger partial charge in [0.25, 0.3) is 0 Å². The highest BCUT2D eigenvalue weighted by Crippen LogP contribution is 2.17. The van der Waals surface area contributed by atoms with Gasteiger partial charge in [0.1, 0.15) is 0 Å². The van der Waals surface area contributed by atoms with Crippen molar-refractivity contribution in [2.75, 3.05) is 0 Å². The third-order valence-corrected chi connectivity index (χ3v) is 3.09. The molecule has 2 N–H and O–H groups in total. The van der Waals surface area contributed by atoms with Gasteiger partial charge in [0, 0.05) is 17.6 Å². The highest BCUT2D eigenvalue weighted by molar-refractivity contribution is 5.81. The summed E-state index contributed by atoms with van der Waals surface area (Å²) in [5.41, 5.74) is 8.76. The molecule has 2 heterocycles. The van der Waals surface area contributed by atoms with E-state index in [-0.39, 0.29) is 6.04 Å². The van der Waals surface area contributed by atoms with Gasteiger partial charge in [-0.05, 0) is 24.6 Å². The Morgan fingerprint density at radius 1 is 1.26 bits per heavy atom. The van der Waals surface area contributed by atoms with Crippen molar-refractivity contribution in [1.82, 2.24) is 20.0 Å². The summed E-state index contributed by atoms with van der Waals surface area (Å²) < 4.78 is 1.81. The van der Waals surface area contributed by atoms with E-state index >= 15 is 0 Å². The van der Waals surface area contributed by atoms with E-state index in [4.69, 9.17) is 5.73 Å². The van der Waals surface area contributed by atoms with E-state index in [0.29, 0.717) is 6.54 Å². The lowest BCUT2D eigenvalue weighted by atomic mass is 10.1. The van der Waals surface area contributed by atoms with Crippen molar-refractivity contribution in [1.29, 1.82) is 0 Å². The van der Waals surface area contributed by atoms with Crippen molar-refractivity contribution in [3.63, 3.8) is 0 Å². The predicted molar refractivity (Wildman–Crippen MR) is 73.5 cm³/mol. The van der Waals surface area contributed by atoms with Crippen LogP contribution < -0.4 is 5.73 Å². The maximum Gasteiger partial charge on any atom is 0.0991 e. The topological polar surface area (TPSA) is 69.6 Å². The van der Waals surface area contributed by atoms with Crippen LogP contribution >= 0.6 is 0 Å². The number of para-hydroxylation sites is 1. The molecule has 5 heteroatoms. The number of nitrogens with two attached hydrogens (primary N) is 1. The lowest BCUT2D eigenvalue weighted by Crippen LogP contribution is -2.05. The minimum absolute atomic E-state index is 0.0945. The van der Waals surface area contributed by atoms with Crippen LogP contribution in [0.4, 0.5) is 0 Å². The fourth-order valence-electron chi connectivity index (χ4n) is 2.07. The Morgan fingerprint density at radius 3 is 2.89 bits per heavy atom. The average molecular weight is 253 g/mol. The molecule has 3 aromatic rings. The van der Waals surface area contributed by atoms with Crippen LogP contribution in [0.5, 0.6) is 0 Å². The summed E-state index contributed by atoms with van der Waals surface area (Å²) in [5, 5.41) is 9.31. The third kappa shape index (κ3) is 2.32. The molecule has 0 aliphatic rings. The van der Waals surface area contributed by atoms with Gasteiger partial charge in [-0.15, -0.1) is 5.10 Å². The minimum Gasteiger partial charge on any atom is -0.323 e. The Bertz CT molecular complexity index is 696. The molecule has 0 amide bonds. The van der Waals surface area contributed by atoms with Gasteiger partial charge in [-0.2, -0.15) is 0 Å². The van der Waals surface area contributed by atoms with Gasteiger partial charge in [-0.25, -0.2) is 4.68 Å². The van der Waals surface area contributed by atoms with Crippen molar-refractivity contribution >= 4 is 10.9 Å². The van der Waals surface area contributed by atoms with E-state index in [0.717, 1.165) is 16.6 Å². The van der Waals surface area contributed by atoms with E-state index < -0.39 is 0 Å². The lowest BCUT2D eigenvalue weighted by Gasteiger charge is -2.05. The van der Waals surface area contributed by atoms with Crippen LogP contribution in [0.15, 0.2) is 42.7 Å². The van der Waals surface area contributed by atoms with Gasteiger partial charge in [0.2, 0.25) is 0 Å². The predicted octanol–water partition coefficient (Wildman–Crippen LogP) is 1.89. The Morgan fingerprint density at radius 2 is 2.11 bits per heavy atom. The Labute approximate surface area is 111 Å². The summed E-state index contributed by atoms with van der Waals surface area (Å²) in [6.45, 7) is 2.57. The maximum atomic E-state index is 5.79. The molecule has 19 heavy (non-hydrogen) atoms. The van der Waals surface area contributed by atoms with Crippen molar-refractivity contribution < 1.29 is 0 Å². The fraction of sp³-hybridized carbons (Fsp3) is 0.214. The van der Waals surface area contributed by atoms with Crippen LogP contribution in [0.2, 0.25) is 0 Å². The van der Waals surface area contributed by atoms with Crippen LogP contribution in [0.1, 0.15) is 24.2 Å².